The average molecular weight is 311 g/mol. The Bertz CT molecular complexity index is 697. The number of benzene rings is 1. The first-order chi connectivity index (χ1) is 9.40. The summed E-state index contributed by atoms with van der Waals surface area (Å²) in [7, 11) is 0. The van der Waals surface area contributed by atoms with Crippen molar-refractivity contribution in [2.45, 2.75) is 13.8 Å². The van der Waals surface area contributed by atoms with Crippen LogP contribution in [0.2, 0.25) is 5.02 Å². The molecular formula is C13H11ClN2O3S. The molecule has 0 radical (unpaired) electrons. The van der Waals surface area contributed by atoms with Crippen LogP contribution in [0, 0.1) is 24.0 Å². The van der Waals surface area contributed by atoms with E-state index in [0.717, 1.165) is 10.4 Å². The number of rotatable bonds is 3. The number of thiophene rings is 1. The van der Waals surface area contributed by atoms with Crippen LogP contribution in [0.3, 0.4) is 0 Å². The van der Waals surface area contributed by atoms with E-state index in [1.807, 2.05) is 13.8 Å². The van der Waals surface area contributed by atoms with Gasteiger partial charge in [-0.25, -0.2) is 0 Å². The van der Waals surface area contributed by atoms with Crippen molar-refractivity contribution in [3.63, 3.8) is 0 Å². The monoisotopic (exact) mass is 310 g/mol. The molecule has 1 heterocycles. The summed E-state index contributed by atoms with van der Waals surface area (Å²) in [5, 5.41) is 15.5. The lowest BCUT2D eigenvalue weighted by Gasteiger charge is -2.06. The molecule has 5 nitrogen and oxygen atoms in total. The number of carbonyl (C=O) groups excluding carboxylic acids is 1. The quantitative estimate of drug-likeness (QED) is 0.682. The molecule has 0 bridgehead atoms. The molecule has 1 amide bonds. The Hall–Kier alpha value is -1.92. The van der Waals surface area contributed by atoms with Crippen molar-refractivity contribution in [1.82, 2.24) is 0 Å². The van der Waals surface area contributed by atoms with Gasteiger partial charge in [0, 0.05) is 21.3 Å². The summed E-state index contributed by atoms with van der Waals surface area (Å²) in [6, 6.07) is 4.13. The zero-order valence-electron chi connectivity index (χ0n) is 10.8. The van der Waals surface area contributed by atoms with Crippen LogP contribution in [-0.4, -0.2) is 10.8 Å². The summed E-state index contributed by atoms with van der Waals surface area (Å²) in [6.07, 6.45) is 0. The molecule has 0 saturated carbocycles. The second kappa shape index (κ2) is 5.60. The second-order valence-electron chi connectivity index (χ2n) is 4.20. The van der Waals surface area contributed by atoms with E-state index in [2.05, 4.69) is 5.32 Å². The Labute approximate surface area is 124 Å². The lowest BCUT2D eigenvalue weighted by atomic mass is 10.1. The normalized spacial score (nSPS) is 10.3. The van der Waals surface area contributed by atoms with Crippen molar-refractivity contribution in [1.29, 1.82) is 0 Å². The van der Waals surface area contributed by atoms with Gasteiger partial charge in [-0.1, -0.05) is 11.6 Å². The van der Waals surface area contributed by atoms with Crippen molar-refractivity contribution in [2.75, 3.05) is 5.32 Å². The van der Waals surface area contributed by atoms with Crippen molar-refractivity contribution in [3.8, 4) is 0 Å². The summed E-state index contributed by atoms with van der Waals surface area (Å²) >= 11 is 7.19. The van der Waals surface area contributed by atoms with E-state index in [9.17, 15) is 14.9 Å². The fraction of sp³-hybridized carbons (Fsp3) is 0.154. The Kier molecular flexibility index (Phi) is 4.06. The van der Waals surface area contributed by atoms with Gasteiger partial charge in [0.05, 0.1) is 10.5 Å². The summed E-state index contributed by atoms with van der Waals surface area (Å²) in [6.45, 7) is 3.76. The number of halogens is 1. The van der Waals surface area contributed by atoms with Crippen LogP contribution in [0.4, 0.5) is 11.4 Å². The van der Waals surface area contributed by atoms with Crippen LogP contribution in [0.5, 0.6) is 0 Å². The molecule has 0 saturated heterocycles. The molecular weight excluding hydrogens is 300 g/mol. The largest absolute Gasteiger partial charge is 0.316 e. The first-order valence-corrected chi connectivity index (χ1v) is 6.96. The molecule has 0 atom stereocenters. The Morgan fingerprint density at radius 3 is 2.65 bits per heavy atom. The summed E-state index contributed by atoms with van der Waals surface area (Å²) in [5.41, 5.74) is 1.31. The number of aryl methyl sites for hydroxylation is 1. The van der Waals surface area contributed by atoms with E-state index in [-0.39, 0.29) is 22.3 Å². The van der Waals surface area contributed by atoms with Crippen LogP contribution in [0.25, 0.3) is 0 Å². The van der Waals surface area contributed by atoms with Gasteiger partial charge in [-0.05, 0) is 31.5 Å². The predicted molar refractivity (Wildman–Crippen MR) is 79.9 cm³/mol. The molecule has 2 aromatic rings. The molecule has 7 heteroatoms. The van der Waals surface area contributed by atoms with Gasteiger partial charge in [0.1, 0.15) is 5.69 Å². The topological polar surface area (TPSA) is 72.2 Å². The maximum Gasteiger partial charge on any atom is 0.294 e. The molecule has 2 rings (SSSR count). The smallest absolute Gasteiger partial charge is 0.294 e. The lowest BCUT2D eigenvalue weighted by molar-refractivity contribution is -0.383. The predicted octanol–water partition coefficient (Wildman–Crippen LogP) is 4.18. The Balaban J connectivity index is 2.33. The van der Waals surface area contributed by atoms with Gasteiger partial charge >= 0.3 is 0 Å². The number of nitro benzene ring substituents is 1. The fourth-order valence-electron chi connectivity index (χ4n) is 1.69. The van der Waals surface area contributed by atoms with Gasteiger partial charge in [0.25, 0.3) is 11.6 Å². The molecule has 0 aliphatic rings. The zero-order valence-corrected chi connectivity index (χ0v) is 12.3. The molecule has 0 spiro atoms. The molecule has 1 aromatic heterocycles. The number of nitro groups is 1. The minimum Gasteiger partial charge on any atom is -0.316 e. The van der Waals surface area contributed by atoms with Gasteiger partial charge in [0.2, 0.25) is 0 Å². The van der Waals surface area contributed by atoms with E-state index >= 15 is 0 Å². The van der Waals surface area contributed by atoms with Gasteiger partial charge in [-0.3, -0.25) is 14.9 Å². The first-order valence-electron chi connectivity index (χ1n) is 5.70. The third-order valence-corrected chi connectivity index (χ3v) is 4.18. The van der Waals surface area contributed by atoms with E-state index < -0.39 is 4.92 Å². The molecule has 0 aliphatic heterocycles. The number of amides is 1. The highest BCUT2D eigenvalue weighted by Gasteiger charge is 2.19. The van der Waals surface area contributed by atoms with Crippen molar-refractivity contribution in [2.24, 2.45) is 0 Å². The average Bonchev–Trinajstić information content (AvgIpc) is 2.72. The molecule has 0 aliphatic carbocycles. The summed E-state index contributed by atoms with van der Waals surface area (Å²) in [5.74, 6) is -0.364. The lowest BCUT2D eigenvalue weighted by Crippen LogP contribution is -2.13. The van der Waals surface area contributed by atoms with E-state index in [1.165, 1.54) is 29.5 Å². The number of hydrogen-bond acceptors (Lipinski definition) is 4. The number of anilines is 1. The molecule has 0 unspecified atom stereocenters. The summed E-state index contributed by atoms with van der Waals surface area (Å²) < 4.78 is 0. The van der Waals surface area contributed by atoms with E-state index in [1.54, 1.807) is 5.38 Å². The van der Waals surface area contributed by atoms with Gasteiger partial charge in [0.15, 0.2) is 0 Å². The van der Waals surface area contributed by atoms with Crippen LogP contribution in [0.1, 0.15) is 20.8 Å². The van der Waals surface area contributed by atoms with Crippen LogP contribution in [0.15, 0.2) is 23.6 Å². The molecule has 20 heavy (non-hydrogen) atoms. The molecule has 0 fully saturated rings. The summed E-state index contributed by atoms with van der Waals surface area (Å²) in [4.78, 5) is 23.6. The third-order valence-electron chi connectivity index (χ3n) is 2.93. The Morgan fingerprint density at radius 1 is 1.40 bits per heavy atom. The van der Waals surface area contributed by atoms with Crippen LogP contribution < -0.4 is 5.32 Å². The highest BCUT2D eigenvalue weighted by Crippen LogP contribution is 2.29. The molecule has 104 valence electrons. The first kappa shape index (κ1) is 14.5. The SMILES string of the molecule is Cc1scc(C(=O)Nc2ccc(Cl)cc2[N+](=O)[O-])c1C. The van der Waals surface area contributed by atoms with Gasteiger partial charge < -0.3 is 5.32 Å². The fourth-order valence-corrected chi connectivity index (χ4v) is 2.72. The van der Waals surface area contributed by atoms with Gasteiger partial charge in [-0.2, -0.15) is 0 Å². The molecule has 1 aromatic carbocycles. The maximum absolute atomic E-state index is 12.1. The Morgan fingerprint density at radius 2 is 2.10 bits per heavy atom. The standard InChI is InChI=1S/C13H11ClN2O3S/c1-7-8(2)20-6-10(7)13(17)15-11-4-3-9(14)5-12(11)16(18)19/h3-6H,1-2H3,(H,15,17). The number of hydrogen-bond donors (Lipinski definition) is 1. The van der Waals surface area contributed by atoms with Crippen molar-refractivity contribution < 1.29 is 9.72 Å². The minimum absolute atomic E-state index is 0.132. The zero-order chi connectivity index (χ0) is 14.9. The highest BCUT2D eigenvalue weighted by atomic mass is 35.5. The van der Waals surface area contributed by atoms with E-state index in [4.69, 9.17) is 11.6 Å². The molecule has 1 N–H and O–H groups in total. The second-order valence-corrected chi connectivity index (χ2v) is 5.72. The number of nitrogens with one attached hydrogen (secondary N) is 1. The minimum atomic E-state index is -0.576. The van der Waals surface area contributed by atoms with Crippen LogP contribution >= 0.6 is 22.9 Å². The van der Waals surface area contributed by atoms with Crippen LogP contribution in [-0.2, 0) is 0 Å². The third kappa shape index (κ3) is 2.81. The number of nitrogens with zero attached hydrogens (tertiary/aromatic N) is 1. The highest BCUT2D eigenvalue weighted by molar-refractivity contribution is 7.10. The van der Waals surface area contributed by atoms with Crippen molar-refractivity contribution >= 4 is 40.2 Å². The maximum atomic E-state index is 12.1. The number of carbonyl (C=O) groups is 1. The van der Waals surface area contributed by atoms with Gasteiger partial charge in [-0.15, -0.1) is 11.3 Å². The van der Waals surface area contributed by atoms with Crippen molar-refractivity contribution in [3.05, 3.63) is 54.7 Å². The van der Waals surface area contributed by atoms with E-state index in [0.29, 0.717) is 5.56 Å².